The summed E-state index contributed by atoms with van der Waals surface area (Å²) in [5.74, 6) is 0. The Hall–Kier alpha value is -0.540. The van der Waals surface area contributed by atoms with Gasteiger partial charge in [0.2, 0.25) is 5.13 Å². The minimum Gasteiger partial charge on any atom is -0.378 e. The molecule has 1 aliphatic rings. The summed E-state index contributed by atoms with van der Waals surface area (Å²) in [7, 11) is 0. The third-order valence-corrected chi connectivity index (χ3v) is 4.64. The van der Waals surface area contributed by atoms with Crippen LogP contribution in [-0.2, 0) is 4.74 Å². The number of morpholine rings is 1. The number of ether oxygens (including phenoxy) is 1. The van der Waals surface area contributed by atoms with E-state index in [-0.39, 0.29) is 0 Å². The molecule has 0 amide bonds. The lowest BCUT2D eigenvalue weighted by Crippen LogP contribution is -2.36. The normalized spacial score (nSPS) is 19.0. The van der Waals surface area contributed by atoms with Crippen molar-refractivity contribution in [2.45, 2.75) is 22.7 Å². The second kappa shape index (κ2) is 5.62. The Labute approximate surface area is 111 Å². The van der Waals surface area contributed by atoms with Gasteiger partial charge in [-0.3, -0.25) is 0 Å². The van der Waals surface area contributed by atoms with Gasteiger partial charge in [-0.05, 0) is 6.92 Å². The first kappa shape index (κ1) is 13.9. The van der Waals surface area contributed by atoms with E-state index in [0.29, 0.717) is 47.5 Å². The van der Waals surface area contributed by atoms with Crippen molar-refractivity contribution >= 4 is 28.2 Å². The first-order valence-corrected chi connectivity index (χ1v) is 7.06. The van der Waals surface area contributed by atoms with Crippen LogP contribution in [-0.4, -0.2) is 47.9 Å². The zero-order valence-corrected chi connectivity index (χ0v) is 11.2. The summed E-state index contributed by atoms with van der Waals surface area (Å²) in [5, 5.41) is 6.91. The van der Waals surface area contributed by atoms with Crippen LogP contribution in [0.15, 0.2) is 4.34 Å². The standard InChI is InChI=1S/C9H12F3N3OS2/c1-6(9(10,11)12)17-8-14-13-7(18-8)15-2-4-16-5-3-15/h6H,2-5H2,1H3/t6-/m0/s1. The lowest BCUT2D eigenvalue weighted by molar-refractivity contribution is -0.125. The quantitative estimate of drug-likeness (QED) is 0.801. The van der Waals surface area contributed by atoms with Crippen LogP contribution in [0.5, 0.6) is 0 Å². The maximum absolute atomic E-state index is 12.4. The molecule has 1 saturated heterocycles. The van der Waals surface area contributed by atoms with Crippen LogP contribution < -0.4 is 4.90 Å². The highest BCUT2D eigenvalue weighted by Crippen LogP contribution is 2.37. The molecule has 2 rings (SSSR count). The summed E-state index contributed by atoms with van der Waals surface area (Å²) in [6, 6.07) is 0. The maximum atomic E-state index is 12.4. The van der Waals surface area contributed by atoms with Crippen LogP contribution in [0.2, 0.25) is 0 Å². The van der Waals surface area contributed by atoms with E-state index in [9.17, 15) is 13.2 Å². The summed E-state index contributed by atoms with van der Waals surface area (Å²) in [4.78, 5) is 1.98. The van der Waals surface area contributed by atoms with Crippen LogP contribution in [0.1, 0.15) is 6.92 Å². The Bertz CT molecular complexity index is 393. The predicted octanol–water partition coefficient (Wildman–Crippen LogP) is 2.42. The lowest BCUT2D eigenvalue weighted by Gasteiger charge is -2.25. The molecule has 0 saturated carbocycles. The molecule has 0 unspecified atom stereocenters. The van der Waals surface area contributed by atoms with Crippen LogP contribution in [0.25, 0.3) is 0 Å². The fraction of sp³-hybridized carbons (Fsp3) is 0.778. The average molecular weight is 299 g/mol. The second-order valence-electron chi connectivity index (χ2n) is 3.75. The van der Waals surface area contributed by atoms with Crippen LogP contribution in [0.3, 0.4) is 0 Å². The molecule has 0 aliphatic carbocycles. The van der Waals surface area contributed by atoms with Crippen LogP contribution in [0.4, 0.5) is 18.3 Å². The molecule has 18 heavy (non-hydrogen) atoms. The van der Waals surface area contributed by atoms with Gasteiger partial charge in [-0.25, -0.2) is 0 Å². The molecule has 1 aromatic rings. The number of anilines is 1. The molecule has 1 aliphatic heterocycles. The highest BCUT2D eigenvalue weighted by molar-refractivity contribution is 8.01. The molecule has 102 valence electrons. The summed E-state index contributed by atoms with van der Waals surface area (Å²) >= 11 is 1.89. The summed E-state index contributed by atoms with van der Waals surface area (Å²) in [6.45, 7) is 3.75. The Balaban J connectivity index is 1.97. The molecule has 1 atom stereocenters. The van der Waals surface area contributed by atoms with Gasteiger partial charge < -0.3 is 9.64 Å². The highest BCUT2D eigenvalue weighted by Gasteiger charge is 2.37. The summed E-state index contributed by atoms with van der Waals surface area (Å²) in [5.41, 5.74) is 0. The molecular formula is C9H12F3N3OS2. The molecule has 2 heterocycles. The van der Waals surface area contributed by atoms with Gasteiger partial charge in [-0.1, -0.05) is 23.1 Å². The summed E-state index contributed by atoms with van der Waals surface area (Å²) in [6.07, 6.45) is -4.21. The van der Waals surface area contributed by atoms with Gasteiger partial charge in [-0.2, -0.15) is 13.2 Å². The first-order chi connectivity index (χ1) is 8.47. The number of nitrogens with zero attached hydrogens (tertiary/aromatic N) is 3. The number of thioether (sulfide) groups is 1. The maximum Gasteiger partial charge on any atom is 0.400 e. The van der Waals surface area contributed by atoms with E-state index < -0.39 is 11.4 Å². The first-order valence-electron chi connectivity index (χ1n) is 5.36. The fourth-order valence-electron chi connectivity index (χ4n) is 1.35. The third kappa shape index (κ3) is 3.48. The summed E-state index contributed by atoms with van der Waals surface area (Å²) < 4.78 is 42.8. The van der Waals surface area contributed by atoms with Crippen molar-refractivity contribution in [2.75, 3.05) is 31.2 Å². The van der Waals surface area contributed by atoms with E-state index in [1.807, 2.05) is 4.90 Å². The minimum atomic E-state index is -4.21. The Morgan fingerprint density at radius 1 is 1.33 bits per heavy atom. The number of alkyl halides is 3. The molecule has 1 aromatic heterocycles. The van der Waals surface area contributed by atoms with Gasteiger partial charge in [0.05, 0.1) is 13.2 Å². The van der Waals surface area contributed by atoms with Crippen molar-refractivity contribution in [2.24, 2.45) is 0 Å². The predicted molar refractivity (Wildman–Crippen MR) is 64.3 cm³/mol. The largest absolute Gasteiger partial charge is 0.400 e. The molecule has 0 bridgehead atoms. The topological polar surface area (TPSA) is 38.2 Å². The number of rotatable bonds is 3. The van der Waals surface area contributed by atoms with Gasteiger partial charge in [0, 0.05) is 13.1 Å². The smallest absolute Gasteiger partial charge is 0.378 e. The second-order valence-corrected chi connectivity index (χ2v) is 6.30. The fourth-order valence-corrected chi connectivity index (χ4v) is 3.35. The highest BCUT2D eigenvalue weighted by atomic mass is 32.2. The van der Waals surface area contributed by atoms with Gasteiger partial charge >= 0.3 is 6.18 Å². The van der Waals surface area contributed by atoms with Gasteiger partial charge in [0.15, 0.2) is 4.34 Å². The average Bonchev–Trinajstić information content (AvgIpc) is 2.77. The molecule has 0 spiro atoms. The molecular weight excluding hydrogens is 287 g/mol. The monoisotopic (exact) mass is 299 g/mol. The Morgan fingerprint density at radius 2 is 2.00 bits per heavy atom. The minimum absolute atomic E-state index is 0.348. The van der Waals surface area contributed by atoms with E-state index in [2.05, 4.69) is 10.2 Å². The molecule has 4 nitrogen and oxygen atoms in total. The van der Waals surface area contributed by atoms with Crippen LogP contribution in [0, 0.1) is 0 Å². The van der Waals surface area contributed by atoms with Crippen molar-refractivity contribution in [3.63, 3.8) is 0 Å². The molecule has 0 aromatic carbocycles. The Morgan fingerprint density at radius 3 is 2.61 bits per heavy atom. The number of hydrogen-bond acceptors (Lipinski definition) is 6. The Kier molecular flexibility index (Phi) is 4.33. The number of halogens is 3. The zero-order chi connectivity index (χ0) is 13.2. The number of aromatic nitrogens is 2. The van der Waals surface area contributed by atoms with Gasteiger partial charge in [0.25, 0.3) is 0 Å². The third-order valence-electron chi connectivity index (χ3n) is 2.42. The SMILES string of the molecule is C[C@H](Sc1nnc(N2CCOCC2)s1)C(F)(F)F. The molecule has 1 fully saturated rings. The van der Waals surface area contributed by atoms with E-state index in [0.717, 1.165) is 6.92 Å². The van der Waals surface area contributed by atoms with Crippen molar-refractivity contribution in [1.29, 1.82) is 0 Å². The van der Waals surface area contributed by atoms with Crippen molar-refractivity contribution < 1.29 is 17.9 Å². The van der Waals surface area contributed by atoms with Crippen molar-refractivity contribution in [3.8, 4) is 0 Å². The van der Waals surface area contributed by atoms with E-state index in [4.69, 9.17) is 4.74 Å². The van der Waals surface area contributed by atoms with Gasteiger partial charge in [-0.15, -0.1) is 10.2 Å². The van der Waals surface area contributed by atoms with Crippen molar-refractivity contribution in [3.05, 3.63) is 0 Å². The molecule has 9 heteroatoms. The zero-order valence-electron chi connectivity index (χ0n) is 9.61. The lowest BCUT2D eigenvalue weighted by atomic mass is 10.5. The van der Waals surface area contributed by atoms with Crippen LogP contribution >= 0.6 is 23.1 Å². The van der Waals surface area contributed by atoms with E-state index in [1.54, 1.807) is 0 Å². The van der Waals surface area contributed by atoms with E-state index in [1.165, 1.54) is 11.3 Å². The molecule has 0 N–H and O–H groups in total. The molecule has 0 radical (unpaired) electrons. The van der Waals surface area contributed by atoms with Crippen molar-refractivity contribution in [1.82, 2.24) is 10.2 Å². The number of hydrogen-bond donors (Lipinski definition) is 0. The van der Waals surface area contributed by atoms with E-state index >= 15 is 0 Å². The van der Waals surface area contributed by atoms with Gasteiger partial charge in [0.1, 0.15) is 5.25 Å².